The van der Waals surface area contributed by atoms with Crippen LogP contribution in [-0.4, -0.2) is 46.9 Å². The van der Waals surface area contributed by atoms with E-state index in [0.717, 1.165) is 20.9 Å². The Bertz CT molecular complexity index is 1080. The summed E-state index contributed by atoms with van der Waals surface area (Å²) < 4.78 is 1.09. The van der Waals surface area contributed by atoms with Crippen LogP contribution < -0.4 is 4.90 Å². The molecule has 0 N–H and O–H groups in total. The molecule has 1 aliphatic rings. The van der Waals surface area contributed by atoms with E-state index in [1.54, 1.807) is 22.3 Å². The van der Waals surface area contributed by atoms with Crippen LogP contribution in [0.2, 0.25) is 5.02 Å². The second-order valence-corrected chi connectivity index (χ2v) is 8.02. The quantitative estimate of drug-likeness (QED) is 0.473. The van der Waals surface area contributed by atoms with Gasteiger partial charge in [-0.25, -0.2) is 4.98 Å². The summed E-state index contributed by atoms with van der Waals surface area (Å²) in [6.07, 6.45) is 0. The Morgan fingerprint density at radius 2 is 1.96 bits per heavy atom. The number of nitro groups is 1. The molecule has 1 aromatic heterocycles. The largest absolute Gasteiger partial charge is 0.345 e. The lowest BCUT2D eigenvalue weighted by Crippen LogP contribution is -2.48. The molecule has 0 saturated carbocycles. The van der Waals surface area contributed by atoms with Crippen LogP contribution in [0.5, 0.6) is 0 Å². The summed E-state index contributed by atoms with van der Waals surface area (Å²) in [5, 5.41) is 12.6. The van der Waals surface area contributed by atoms with Crippen molar-refractivity contribution in [1.82, 2.24) is 9.88 Å². The molecule has 1 saturated heterocycles. The number of carbonyl (C=O) groups excluding carboxylic acids is 1. The minimum Gasteiger partial charge on any atom is -0.345 e. The molecule has 7 nitrogen and oxygen atoms in total. The zero-order valence-corrected chi connectivity index (χ0v) is 16.7. The molecule has 2 heterocycles. The number of anilines is 1. The molecule has 144 valence electrons. The maximum atomic E-state index is 12.7. The monoisotopic (exact) mass is 416 g/mol. The van der Waals surface area contributed by atoms with Crippen LogP contribution in [0.4, 0.5) is 10.8 Å². The SMILES string of the molecule is Cc1c(Cl)ccc2sc(N3CCN(C(=O)c4cccc([N+](=O)[O-])c4)CC3)nc12. The van der Waals surface area contributed by atoms with E-state index in [1.165, 1.54) is 18.2 Å². The lowest BCUT2D eigenvalue weighted by atomic mass is 10.1. The van der Waals surface area contributed by atoms with Gasteiger partial charge in [-0.15, -0.1) is 0 Å². The number of aromatic nitrogens is 1. The predicted molar refractivity (Wildman–Crippen MR) is 111 cm³/mol. The van der Waals surface area contributed by atoms with Gasteiger partial charge in [-0.1, -0.05) is 29.0 Å². The summed E-state index contributed by atoms with van der Waals surface area (Å²) in [7, 11) is 0. The minimum atomic E-state index is -0.490. The second-order valence-electron chi connectivity index (χ2n) is 6.60. The number of benzene rings is 2. The minimum absolute atomic E-state index is 0.0759. The molecule has 3 aromatic rings. The van der Waals surface area contributed by atoms with Crippen LogP contribution in [0.25, 0.3) is 10.2 Å². The van der Waals surface area contributed by atoms with Crippen LogP contribution in [0.15, 0.2) is 36.4 Å². The Hall–Kier alpha value is -2.71. The number of fused-ring (bicyclic) bond motifs is 1. The highest BCUT2D eigenvalue weighted by atomic mass is 35.5. The van der Waals surface area contributed by atoms with Gasteiger partial charge < -0.3 is 9.80 Å². The van der Waals surface area contributed by atoms with Crippen LogP contribution in [0.1, 0.15) is 15.9 Å². The number of amides is 1. The zero-order valence-electron chi connectivity index (χ0n) is 15.1. The predicted octanol–water partition coefficient (Wildman–Crippen LogP) is 4.13. The third-order valence-electron chi connectivity index (χ3n) is 4.88. The number of piperazine rings is 1. The fourth-order valence-corrected chi connectivity index (χ4v) is 4.49. The number of hydrogen-bond acceptors (Lipinski definition) is 6. The van der Waals surface area contributed by atoms with Gasteiger partial charge in [0.25, 0.3) is 11.6 Å². The van der Waals surface area contributed by atoms with Crippen molar-refractivity contribution < 1.29 is 9.72 Å². The molecule has 0 aliphatic carbocycles. The van der Waals surface area contributed by atoms with E-state index in [2.05, 4.69) is 4.90 Å². The van der Waals surface area contributed by atoms with Crippen molar-refractivity contribution in [2.24, 2.45) is 0 Å². The lowest BCUT2D eigenvalue weighted by Gasteiger charge is -2.34. The molecule has 28 heavy (non-hydrogen) atoms. The van der Waals surface area contributed by atoms with Crippen molar-refractivity contribution >= 4 is 49.9 Å². The molecule has 0 atom stereocenters. The first-order valence-electron chi connectivity index (χ1n) is 8.78. The molecule has 1 fully saturated rings. The van der Waals surface area contributed by atoms with E-state index in [1.807, 2.05) is 19.1 Å². The molecular weight excluding hydrogens is 400 g/mol. The van der Waals surface area contributed by atoms with Gasteiger partial charge in [0.1, 0.15) is 0 Å². The van der Waals surface area contributed by atoms with Crippen molar-refractivity contribution in [3.63, 3.8) is 0 Å². The first-order valence-corrected chi connectivity index (χ1v) is 9.98. The van der Waals surface area contributed by atoms with Crippen molar-refractivity contribution in [2.75, 3.05) is 31.1 Å². The molecular formula is C19H17ClN4O3S. The van der Waals surface area contributed by atoms with Crippen LogP contribution >= 0.6 is 22.9 Å². The Morgan fingerprint density at radius 3 is 2.68 bits per heavy atom. The van der Waals surface area contributed by atoms with E-state index in [9.17, 15) is 14.9 Å². The van der Waals surface area contributed by atoms with E-state index < -0.39 is 4.92 Å². The third kappa shape index (κ3) is 3.41. The average Bonchev–Trinajstić information content (AvgIpc) is 3.15. The van der Waals surface area contributed by atoms with Crippen molar-refractivity contribution in [2.45, 2.75) is 6.92 Å². The van der Waals surface area contributed by atoms with Crippen molar-refractivity contribution in [1.29, 1.82) is 0 Å². The third-order valence-corrected chi connectivity index (χ3v) is 6.37. The van der Waals surface area contributed by atoms with Gasteiger partial charge in [-0.3, -0.25) is 14.9 Å². The lowest BCUT2D eigenvalue weighted by molar-refractivity contribution is -0.384. The van der Waals surface area contributed by atoms with Gasteiger partial charge in [0.05, 0.1) is 15.1 Å². The number of carbonyl (C=O) groups is 1. The topological polar surface area (TPSA) is 79.6 Å². The standard InChI is InChI=1S/C19H17ClN4O3S/c1-12-15(20)5-6-16-17(12)21-19(28-16)23-9-7-22(8-10-23)18(25)13-3-2-4-14(11-13)24(26)27/h2-6,11H,7-10H2,1H3. The summed E-state index contributed by atoms with van der Waals surface area (Å²) in [6.45, 7) is 4.36. The zero-order chi connectivity index (χ0) is 19.8. The summed E-state index contributed by atoms with van der Waals surface area (Å²) >= 11 is 7.81. The number of halogens is 1. The molecule has 0 spiro atoms. The highest BCUT2D eigenvalue weighted by Crippen LogP contribution is 2.33. The summed E-state index contributed by atoms with van der Waals surface area (Å²) in [4.78, 5) is 31.8. The number of hydrogen-bond donors (Lipinski definition) is 0. The molecule has 0 radical (unpaired) electrons. The second kappa shape index (κ2) is 7.37. The number of rotatable bonds is 3. The summed E-state index contributed by atoms with van der Waals surface area (Å²) in [6, 6.07) is 9.73. The van der Waals surface area contributed by atoms with Gasteiger partial charge >= 0.3 is 0 Å². The molecule has 1 amide bonds. The Labute approximate surface area is 170 Å². The van der Waals surface area contributed by atoms with Gasteiger partial charge in [0.15, 0.2) is 5.13 Å². The Balaban J connectivity index is 1.47. The molecule has 0 bridgehead atoms. The van der Waals surface area contributed by atoms with E-state index in [0.29, 0.717) is 36.8 Å². The van der Waals surface area contributed by atoms with Crippen LogP contribution in [0.3, 0.4) is 0 Å². The Kier molecular flexibility index (Phi) is 4.91. The van der Waals surface area contributed by atoms with E-state index in [-0.39, 0.29) is 11.6 Å². The highest BCUT2D eigenvalue weighted by molar-refractivity contribution is 7.22. The van der Waals surface area contributed by atoms with Gasteiger partial charge in [0, 0.05) is 48.9 Å². The van der Waals surface area contributed by atoms with Gasteiger partial charge in [-0.2, -0.15) is 0 Å². The fourth-order valence-electron chi connectivity index (χ4n) is 3.26. The Morgan fingerprint density at radius 1 is 1.21 bits per heavy atom. The van der Waals surface area contributed by atoms with E-state index >= 15 is 0 Å². The maximum Gasteiger partial charge on any atom is 0.270 e. The molecule has 9 heteroatoms. The van der Waals surface area contributed by atoms with Crippen molar-refractivity contribution in [3.05, 3.63) is 62.7 Å². The number of non-ortho nitro benzene ring substituents is 1. The number of nitro benzene ring substituents is 1. The fraction of sp³-hybridized carbons (Fsp3) is 0.263. The molecule has 0 unspecified atom stereocenters. The maximum absolute atomic E-state index is 12.7. The van der Waals surface area contributed by atoms with Crippen LogP contribution in [0, 0.1) is 17.0 Å². The number of thiazole rings is 1. The summed E-state index contributed by atoms with van der Waals surface area (Å²) in [5.74, 6) is -0.185. The highest BCUT2D eigenvalue weighted by Gasteiger charge is 2.25. The van der Waals surface area contributed by atoms with Crippen molar-refractivity contribution in [3.8, 4) is 0 Å². The average molecular weight is 417 g/mol. The number of aryl methyl sites for hydroxylation is 1. The van der Waals surface area contributed by atoms with Crippen LogP contribution in [-0.2, 0) is 0 Å². The van der Waals surface area contributed by atoms with Gasteiger partial charge in [-0.05, 0) is 30.7 Å². The molecule has 4 rings (SSSR count). The number of nitrogens with zero attached hydrogens (tertiary/aromatic N) is 4. The van der Waals surface area contributed by atoms with E-state index in [4.69, 9.17) is 16.6 Å². The van der Waals surface area contributed by atoms with Gasteiger partial charge in [0.2, 0.25) is 0 Å². The summed E-state index contributed by atoms with van der Waals surface area (Å²) in [5.41, 5.74) is 2.16. The first-order chi connectivity index (χ1) is 13.4. The normalized spacial score (nSPS) is 14.5. The molecule has 2 aromatic carbocycles. The molecule has 1 aliphatic heterocycles. The first kappa shape index (κ1) is 18.6. The smallest absolute Gasteiger partial charge is 0.270 e.